The summed E-state index contributed by atoms with van der Waals surface area (Å²) in [5, 5.41) is 0. The Morgan fingerprint density at radius 1 is 1.17 bits per heavy atom. The zero-order valence-corrected chi connectivity index (χ0v) is 10.9. The van der Waals surface area contributed by atoms with Gasteiger partial charge in [-0.2, -0.15) is 0 Å². The molecule has 2 aliphatic rings. The van der Waals surface area contributed by atoms with Crippen molar-refractivity contribution in [2.45, 2.75) is 37.9 Å². The van der Waals surface area contributed by atoms with E-state index < -0.39 is 0 Å². The maximum Gasteiger partial charge on any atom is 0.223 e. The summed E-state index contributed by atoms with van der Waals surface area (Å²) in [6.07, 6.45) is 3.10. The Labute approximate surface area is 108 Å². The predicted octanol–water partition coefficient (Wildman–Crippen LogP) is 1.88. The smallest absolute Gasteiger partial charge is 0.223 e. The highest BCUT2D eigenvalue weighted by Crippen LogP contribution is 2.31. The maximum atomic E-state index is 11.9. The molecule has 0 aromatic heterocycles. The van der Waals surface area contributed by atoms with E-state index in [1.165, 1.54) is 18.4 Å². The Kier molecular flexibility index (Phi) is 3.08. The largest absolute Gasteiger partial charge is 0.344 e. The molecule has 2 atom stereocenters. The highest BCUT2D eigenvalue weighted by Gasteiger charge is 2.38. The summed E-state index contributed by atoms with van der Waals surface area (Å²) in [6.45, 7) is 1.87. The van der Waals surface area contributed by atoms with Gasteiger partial charge in [-0.25, -0.2) is 0 Å². The van der Waals surface area contributed by atoms with Crippen molar-refractivity contribution >= 4 is 5.91 Å². The second-order valence-electron chi connectivity index (χ2n) is 5.52. The zero-order valence-electron chi connectivity index (χ0n) is 10.9. The van der Waals surface area contributed by atoms with Crippen LogP contribution in [-0.4, -0.2) is 41.4 Å². The van der Waals surface area contributed by atoms with E-state index in [2.05, 4.69) is 35.2 Å². The monoisotopic (exact) mass is 244 g/mol. The Morgan fingerprint density at radius 3 is 2.67 bits per heavy atom. The quantitative estimate of drug-likeness (QED) is 0.793. The summed E-state index contributed by atoms with van der Waals surface area (Å²) in [7, 11) is 1.93. The molecule has 0 saturated carbocycles. The van der Waals surface area contributed by atoms with Gasteiger partial charge in [-0.05, 0) is 18.4 Å². The lowest BCUT2D eigenvalue weighted by Gasteiger charge is -2.27. The van der Waals surface area contributed by atoms with Gasteiger partial charge in [-0.15, -0.1) is 0 Å². The summed E-state index contributed by atoms with van der Waals surface area (Å²) in [5.74, 6) is 0.306. The first-order chi connectivity index (χ1) is 8.74. The number of rotatable bonds is 2. The SMILES string of the molecule is CN1CC2CCC(CC1=O)N2Cc1ccccc1. The molecule has 2 aliphatic heterocycles. The molecule has 2 fully saturated rings. The number of hydrogen-bond donors (Lipinski definition) is 0. The minimum Gasteiger partial charge on any atom is -0.344 e. The van der Waals surface area contributed by atoms with Gasteiger partial charge in [0, 0.05) is 38.6 Å². The third-order valence-corrected chi connectivity index (χ3v) is 4.30. The summed E-state index contributed by atoms with van der Waals surface area (Å²) < 4.78 is 0. The number of hydrogen-bond acceptors (Lipinski definition) is 2. The van der Waals surface area contributed by atoms with Crippen LogP contribution in [0.25, 0.3) is 0 Å². The highest BCUT2D eigenvalue weighted by atomic mass is 16.2. The second-order valence-corrected chi connectivity index (χ2v) is 5.52. The van der Waals surface area contributed by atoms with Gasteiger partial charge in [0.15, 0.2) is 0 Å². The van der Waals surface area contributed by atoms with Crippen molar-refractivity contribution in [3.8, 4) is 0 Å². The lowest BCUT2D eigenvalue weighted by molar-refractivity contribution is -0.130. The molecule has 3 nitrogen and oxygen atoms in total. The van der Waals surface area contributed by atoms with Gasteiger partial charge in [-0.1, -0.05) is 30.3 Å². The van der Waals surface area contributed by atoms with E-state index in [0.29, 0.717) is 24.4 Å². The van der Waals surface area contributed by atoms with Gasteiger partial charge < -0.3 is 4.90 Å². The average Bonchev–Trinajstić information content (AvgIpc) is 2.68. The molecule has 2 bridgehead atoms. The minimum absolute atomic E-state index is 0.306. The van der Waals surface area contributed by atoms with Gasteiger partial charge in [0.25, 0.3) is 0 Å². The number of fused-ring (bicyclic) bond motifs is 2. The van der Waals surface area contributed by atoms with Gasteiger partial charge in [0.1, 0.15) is 0 Å². The van der Waals surface area contributed by atoms with Crippen molar-refractivity contribution in [2.24, 2.45) is 0 Å². The van der Waals surface area contributed by atoms with E-state index in [1.54, 1.807) is 0 Å². The topological polar surface area (TPSA) is 23.6 Å². The van der Waals surface area contributed by atoms with E-state index in [0.717, 1.165) is 13.1 Å². The third kappa shape index (κ3) is 2.15. The van der Waals surface area contributed by atoms with Crippen molar-refractivity contribution in [2.75, 3.05) is 13.6 Å². The van der Waals surface area contributed by atoms with Crippen LogP contribution in [0.5, 0.6) is 0 Å². The molecular weight excluding hydrogens is 224 g/mol. The van der Waals surface area contributed by atoms with Crippen molar-refractivity contribution < 1.29 is 4.79 Å². The summed E-state index contributed by atoms with van der Waals surface area (Å²) in [6, 6.07) is 11.6. The van der Waals surface area contributed by atoms with Crippen molar-refractivity contribution in [1.29, 1.82) is 0 Å². The second kappa shape index (κ2) is 4.73. The number of nitrogens with zero attached hydrogens (tertiary/aromatic N) is 2. The van der Waals surface area contributed by atoms with Gasteiger partial charge in [0.05, 0.1) is 0 Å². The summed E-state index contributed by atoms with van der Waals surface area (Å²) in [5.41, 5.74) is 1.35. The van der Waals surface area contributed by atoms with Crippen LogP contribution >= 0.6 is 0 Å². The number of likely N-dealkylation sites (N-methyl/N-ethyl adjacent to an activating group) is 1. The van der Waals surface area contributed by atoms with E-state index in [4.69, 9.17) is 0 Å². The fourth-order valence-corrected chi connectivity index (χ4v) is 3.26. The molecule has 1 aromatic carbocycles. The molecule has 1 amide bonds. The molecular formula is C15H20N2O. The molecule has 3 rings (SSSR count). The molecule has 0 N–H and O–H groups in total. The van der Waals surface area contributed by atoms with Crippen LogP contribution in [0.3, 0.4) is 0 Å². The van der Waals surface area contributed by atoms with Crippen molar-refractivity contribution in [3.05, 3.63) is 35.9 Å². The summed E-state index contributed by atoms with van der Waals surface area (Å²) >= 11 is 0. The molecule has 18 heavy (non-hydrogen) atoms. The first-order valence-corrected chi connectivity index (χ1v) is 6.77. The van der Waals surface area contributed by atoms with Crippen molar-refractivity contribution in [1.82, 2.24) is 9.80 Å². The van der Waals surface area contributed by atoms with Crippen molar-refractivity contribution in [3.63, 3.8) is 0 Å². The van der Waals surface area contributed by atoms with Crippen LogP contribution in [-0.2, 0) is 11.3 Å². The van der Waals surface area contributed by atoms with Crippen LogP contribution in [0.2, 0.25) is 0 Å². The van der Waals surface area contributed by atoms with Crippen LogP contribution in [0.15, 0.2) is 30.3 Å². The molecule has 0 radical (unpaired) electrons. The number of carbonyl (C=O) groups excluding carboxylic acids is 1. The van der Waals surface area contributed by atoms with Gasteiger partial charge in [0.2, 0.25) is 5.91 Å². The minimum atomic E-state index is 0.306. The van der Waals surface area contributed by atoms with Gasteiger partial charge in [-0.3, -0.25) is 9.69 Å². The molecule has 0 aliphatic carbocycles. The molecule has 2 saturated heterocycles. The first-order valence-electron chi connectivity index (χ1n) is 6.77. The molecule has 96 valence electrons. The number of carbonyl (C=O) groups is 1. The van der Waals surface area contributed by atoms with Crippen LogP contribution in [0, 0.1) is 0 Å². The Hall–Kier alpha value is -1.35. The standard InChI is InChI=1S/C15H20N2O/c1-16-11-14-8-7-13(9-15(16)18)17(14)10-12-5-3-2-4-6-12/h2-6,13-14H,7-11H2,1H3. The molecule has 2 unspecified atom stereocenters. The third-order valence-electron chi connectivity index (χ3n) is 4.30. The number of amides is 1. The molecule has 1 aromatic rings. The van der Waals surface area contributed by atoms with E-state index >= 15 is 0 Å². The highest BCUT2D eigenvalue weighted by molar-refractivity contribution is 5.77. The normalized spacial score (nSPS) is 28.5. The lowest BCUT2D eigenvalue weighted by atomic mass is 10.1. The van der Waals surface area contributed by atoms with Crippen LogP contribution in [0.1, 0.15) is 24.8 Å². The molecule has 0 spiro atoms. The maximum absolute atomic E-state index is 11.9. The van der Waals surface area contributed by atoms with E-state index in [9.17, 15) is 4.79 Å². The zero-order chi connectivity index (χ0) is 12.5. The molecule has 2 heterocycles. The lowest BCUT2D eigenvalue weighted by Crippen LogP contribution is -2.38. The number of benzene rings is 1. The predicted molar refractivity (Wildman–Crippen MR) is 71.0 cm³/mol. The fraction of sp³-hybridized carbons (Fsp3) is 0.533. The Balaban J connectivity index is 1.78. The summed E-state index contributed by atoms with van der Waals surface area (Å²) in [4.78, 5) is 16.3. The Bertz CT molecular complexity index is 431. The van der Waals surface area contributed by atoms with Gasteiger partial charge >= 0.3 is 0 Å². The Morgan fingerprint density at radius 2 is 1.89 bits per heavy atom. The first kappa shape index (κ1) is 11.7. The van der Waals surface area contributed by atoms with E-state index in [1.807, 2.05) is 11.9 Å². The van der Waals surface area contributed by atoms with E-state index in [-0.39, 0.29) is 0 Å². The van der Waals surface area contributed by atoms with Crippen LogP contribution < -0.4 is 0 Å². The van der Waals surface area contributed by atoms with Crippen LogP contribution in [0.4, 0.5) is 0 Å². The average molecular weight is 244 g/mol. The number of likely N-dealkylation sites (tertiary alicyclic amines) is 1. The fourth-order valence-electron chi connectivity index (χ4n) is 3.26. The molecule has 3 heteroatoms.